The third-order valence-corrected chi connectivity index (χ3v) is 22.4. The summed E-state index contributed by atoms with van der Waals surface area (Å²) in [6.45, 7) is 9.39. The number of pyridine rings is 6. The number of rotatable bonds is 21. The van der Waals surface area contributed by atoms with Crippen molar-refractivity contribution >= 4 is 11.3 Å². The van der Waals surface area contributed by atoms with E-state index in [1.807, 2.05) is 166 Å². The van der Waals surface area contributed by atoms with Crippen LogP contribution < -0.4 is 14.2 Å². The van der Waals surface area contributed by atoms with Crippen LogP contribution in [-0.4, -0.2) is 104 Å². The molecule has 0 unspecified atom stereocenters. The second-order valence-electron chi connectivity index (χ2n) is 30.2. The van der Waals surface area contributed by atoms with Crippen LogP contribution in [0.3, 0.4) is 0 Å². The Hall–Kier alpha value is -16.1. The van der Waals surface area contributed by atoms with E-state index >= 15 is 0 Å². The molecule has 31 heteroatoms. The van der Waals surface area contributed by atoms with Crippen LogP contribution in [0, 0.1) is 12.8 Å². The Balaban J connectivity index is 0.000000116. The van der Waals surface area contributed by atoms with E-state index in [4.69, 9.17) is 41.3 Å². The lowest BCUT2D eigenvalue weighted by molar-refractivity contribution is -0.137. The molecule has 0 aliphatic heterocycles. The van der Waals surface area contributed by atoms with Crippen molar-refractivity contribution < 1.29 is 54.5 Å². The second kappa shape index (κ2) is 44.1. The molecule has 0 N–H and O–H groups in total. The number of aryl methyl sites for hydroxylation is 1. The van der Waals surface area contributed by atoms with Crippen LogP contribution in [0.15, 0.2) is 332 Å². The smallest absolute Gasteiger partial charge is 0.416 e. The van der Waals surface area contributed by atoms with Crippen LogP contribution >= 0.6 is 11.3 Å². The van der Waals surface area contributed by atoms with E-state index in [9.17, 15) is 13.2 Å². The van der Waals surface area contributed by atoms with Gasteiger partial charge < -0.3 is 41.3 Å². The molecule has 13 aromatic heterocycles. The third-order valence-electron chi connectivity index (χ3n) is 21.3. The summed E-state index contributed by atoms with van der Waals surface area (Å²) in [4.78, 5) is 52.7. The number of hydrogen-bond donors (Lipinski definition) is 0. The van der Waals surface area contributed by atoms with E-state index < -0.39 is 11.7 Å². The molecule has 19 aromatic rings. The van der Waals surface area contributed by atoms with Gasteiger partial charge in [0, 0.05) is 147 Å². The molecule has 0 bridgehead atoms. The molecule has 0 amide bonds. The fraction of sp³-hybridized carbons (Fsp3) is 0.188. The van der Waals surface area contributed by atoms with Crippen molar-refractivity contribution in [2.24, 2.45) is 5.92 Å². The molecular formula is C101H87F3N18O9S. The molecule has 27 nitrogen and oxygen atoms in total. The van der Waals surface area contributed by atoms with Crippen molar-refractivity contribution in [1.82, 2.24) is 90.7 Å². The van der Waals surface area contributed by atoms with Crippen molar-refractivity contribution in [3.05, 3.63) is 327 Å². The maximum atomic E-state index is 13.4. The van der Waals surface area contributed by atoms with Crippen LogP contribution in [0.1, 0.15) is 113 Å². The molecule has 0 saturated heterocycles. The number of para-hydroxylation sites is 1. The molecule has 6 aromatic carbocycles. The Bertz CT molecular complexity index is 6730. The first-order valence-electron chi connectivity index (χ1n) is 42.9. The Morgan fingerprint density at radius 1 is 0.318 bits per heavy atom. The number of halogens is 3. The fourth-order valence-corrected chi connectivity index (χ4v) is 15.5. The molecule has 662 valence electrons. The maximum Gasteiger partial charge on any atom is 0.416 e. The molecule has 2 aliphatic rings. The predicted molar refractivity (Wildman–Crippen MR) is 490 cm³/mol. The van der Waals surface area contributed by atoms with Gasteiger partial charge in [-0.1, -0.05) is 142 Å². The topological polar surface area (TPSA) is 339 Å². The summed E-state index contributed by atoms with van der Waals surface area (Å²) >= 11 is 1.66. The number of thiophene rings is 1. The first-order valence-corrected chi connectivity index (χ1v) is 43.7. The van der Waals surface area contributed by atoms with Gasteiger partial charge in [-0.2, -0.15) is 43.1 Å². The van der Waals surface area contributed by atoms with E-state index in [2.05, 4.69) is 123 Å². The lowest BCUT2D eigenvalue weighted by Gasteiger charge is -2.25. The third kappa shape index (κ3) is 23.8. The minimum absolute atomic E-state index is 0.0186. The van der Waals surface area contributed by atoms with Crippen molar-refractivity contribution in [3.63, 3.8) is 0 Å². The number of benzene rings is 6. The quantitative estimate of drug-likeness (QED) is 0.0645. The first kappa shape index (κ1) is 89.3. The molecule has 2 fully saturated rings. The average Bonchev–Trinajstić information content (AvgIpc) is 1.51. The van der Waals surface area contributed by atoms with E-state index in [0.717, 1.165) is 79.4 Å². The highest BCUT2D eigenvalue weighted by atomic mass is 32.1. The molecule has 0 radical (unpaired) electrons. The minimum Gasteiger partial charge on any atom is -0.494 e. The van der Waals surface area contributed by atoms with Gasteiger partial charge in [-0.25, -0.2) is 0 Å². The average molecular weight is 1790 g/mol. The zero-order valence-electron chi connectivity index (χ0n) is 72.1. The van der Waals surface area contributed by atoms with Crippen molar-refractivity contribution in [1.29, 1.82) is 0 Å². The van der Waals surface area contributed by atoms with Gasteiger partial charge >= 0.3 is 6.18 Å². The number of ether oxygens (including phenoxy) is 3. The van der Waals surface area contributed by atoms with Gasteiger partial charge in [0.1, 0.15) is 23.0 Å². The Labute approximate surface area is 760 Å². The number of aromatic nitrogens is 18. The lowest BCUT2D eigenvalue weighted by atomic mass is 9.81. The van der Waals surface area contributed by atoms with Gasteiger partial charge in [0.05, 0.1) is 23.7 Å². The minimum atomic E-state index is -4.49. The second-order valence-corrected chi connectivity index (χ2v) is 31.5. The van der Waals surface area contributed by atoms with Crippen molar-refractivity contribution in [2.45, 2.75) is 103 Å². The highest BCUT2D eigenvalue weighted by Gasteiger charge is 2.33. The normalized spacial score (nSPS) is 13.4. The first-order chi connectivity index (χ1) is 64.8. The number of alkyl halides is 3. The van der Waals surface area contributed by atoms with Gasteiger partial charge in [-0.05, 0) is 227 Å². The van der Waals surface area contributed by atoms with Crippen LogP contribution in [0.4, 0.5) is 13.2 Å². The highest BCUT2D eigenvalue weighted by molar-refractivity contribution is 7.15. The molecule has 2 aliphatic carbocycles. The summed E-state index contributed by atoms with van der Waals surface area (Å²) < 4.78 is 89.3. The summed E-state index contributed by atoms with van der Waals surface area (Å²) in [5.74, 6) is 11.0. The SMILES string of the molecule is CCC1CCC(c2nc(-c3ccncc3)no2)CC1.CCOc1cc(OCC)cc(-c2nc(-c3ccncc3)no2)c1.Cc1sc(-c2nc(-c3ccncc3)no2)cc1-c1ccccc1.FC(F)(F)c1cc(-c2ccccc2)cc(-c2nc(-c3ccncc3)no2)c1.c1cc(-c2noc(C3CCCC3)n2)ccn1.c1ccc(Oc2cccc(-c3nc(-c4ccncc4)no3)c2)cc1. The summed E-state index contributed by atoms with van der Waals surface area (Å²) in [5.41, 5.74) is 9.66. The van der Waals surface area contributed by atoms with Gasteiger partial charge in [-0.3, -0.25) is 29.9 Å². The molecule has 13 heterocycles. The highest BCUT2D eigenvalue weighted by Crippen LogP contribution is 2.42. The van der Waals surface area contributed by atoms with Crippen molar-refractivity contribution in [3.8, 4) is 159 Å². The van der Waals surface area contributed by atoms with Crippen LogP contribution in [0.2, 0.25) is 0 Å². The Morgan fingerprint density at radius 2 is 0.674 bits per heavy atom. The molecule has 21 rings (SSSR count). The van der Waals surface area contributed by atoms with Gasteiger partial charge in [-0.15, -0.1) is 11.3 Å². The maximum absolute atomic E-state index is 13.4. The lowest BCUT2D eigenvalue weighted by Crippen LogP contribution is -2.12. The monoisotopic (exact) mass is 1780 g/mol. The van der Waals surface area contributed by atoms with Gasteiger partial charge in [0.25, 0.3) is 23.6 Å². The van der Waals surface area contributed by atoms with E-state index in [0.29, 0.717) is 106 Å². The Morgan fingerprint density at radius 3 is 1.11 bits per heavy atom. The molecule has 2 saturated carbocycles. The van der Waals surface area contributed by atoms with Crippen molar-refractivity contribution in [2.75, 3.05) is 13.2 Å². The summed E-state index contributed by atoms with van der Waals surface area (Å²) in [5, 5.41) is 24.1. The predicted octanol–water partition coefficient (Wildman–Crippen LogP) is 25.1. The van der Waals surface area contributed by atoms with Crippen LogP contribution in [0.25, 0.3) is 136 Å². The molecule has 132 heavy (non-hydrogen) atoms. The van der Waals surface area contributed by atoms with E-state index in [-0.39, 0.29) is 17.3 Å². The van der Waals surface area contributed by atoms with Crippen LogP contribution in [0.5, 0.6) is 23.0 Å². The fourth-order valence-electron chi connectivity index (χ4n) is 14.6. The molecule has 0 atom stereocenters. The van der Waals surface area contributed by atoms with E-state index in [1.54, 1.807) is 134 Å². The van der Waals surface area contributed by atoms with Crippen LogP contribution in [-0.2, 0) is 6.18 Å². The zero-order chi connectivity index (χ0) is 90.6. The van der Waals surface area contributed by atoms with E-state index in [1.165, 1.54) is 73.8 Å². The van der Waals surface area contributed by atoms with Gasteiger partial charge in [0.2, 0.25) is 46.7 Å². The Kier molecular flexibility index (Phi) is 29.9. The zero-order valence-corrected chi connectivity index (χ0v) is 73.0. The largest absolute Gasteiger partial charge is 0.494 e. The standard InChI is InChI=1S/C20H12F3N3O.C19H13N3O2.C18H13N3OS.C17H17N3O3.C15H19N3O.C12H13N3O/c21-20(22,23)17-11-15(13-4-2-1-3-5-13)10-16(12-17)19-25-18(26-27-19)14-6-8-24-9-7-14;1-2-6-16(7-3-1)23-17-8-4-5-15(13-17)19-21-18(22-24-19)14-9-11-20-12-10-14;1-12-15(13-5-3-2-4-6-13)11-16(23-12)18-20-17(21-22-18)14-7-9-19-10-8-14;1-3-21-14-9-13(10-15(11-14)22-4-2)17-19-16(20-23-17)12-5-7-18-8-6-12;1-2-11-3-5-13(6-4-11)15-17-14(18-19-15)12-7-9-16-10-8-12;1-2-4-10(3-1)12-14-11(15-16-12)9-5-7-13-8-6-9/h1-12H;1-13H;2-11H,1H3;5-11H,3-4H2,1-2H3;7-11,13H,2-6H2,1H3;5-8,10H,1-4H2. The molecular weight excluding hydrogens is 1700 g/mol. The summed E-state index contributed by atoms with van der Waals surface area (Å²) in [6, 6.07) is 69.7. The molecule has 0 spiro atoms. The number of hydrogen-bond acceptors (Lipinski definition) is 28. The summed E-state index contributed by atoms with van der Waals surface area (Å²) in [7, 11) is 0. The van der Waals surface area contributed by atoms with Gasteiger partial charge in [0.15, 0.2) is 0 Å². The number of nitrogens with zero attached hydrogens (tertiary/aromatic N) is 18. The summed E-state index contributed by atoms with van der Waals surface area (Å²) in [6.07, 6.45) is 26.9.